The fourth-order valence-corrected chi connectivity index (χ4v) is 1.93. The minimum absolute atomic E-state index is 0.0270. The van der Waals surface area contributed by atoms with Crippen LogP contribution in [0.15, 0.2) is 24.3 Å². The molecule has 0 bridgehead atoms. The summed E-state index contributed by atoms with van der Waals surface area (Å²) in [6.07, 6.45) is 0. The molecule has 1 amide bonds. The van der Waals surface area contributed by atoms with Gasteiger partial charge in [-0.1, -0.05) is 24.3 Å². The molecule has 3 nitrogen and oxygen atoms in total. The molecule has 0 aromatic heterocycles. The third kappa shape index (κ3) is 5.78. The van der Waals surface area contributed by atoms with Crippen molar-refractivity contribution in [2.45, 2.75) is 5.75 Å². The summed E-state index contributed by atoms with van der Waals surface area (Å²) in [6, 6.07) is 10.9. The van der Waals surface area contributed by atoms with Gasteiger partial charge in [-0.25, -0.2) is 0 Å². The first kappa shape index (κ1) is 13.1. The van der Waals surface area contributed by atoms with Crippen molar-refractivity contribution in [1.82, 2.24) is 5.32 Å². The molecule has 86 valence electrons. The van der Waals surface area contributed by atoms with Crippen molar-refractivity contribution in [3.63, 3.8) is 0 Å². The zero-order chi connectivity index (χ0) is 11.6. The van der Waals surface area contributed by atoms with E-state index >= 15 is 0 Å². The molecule has 1 N–H and O–H groups in total. The van der Waals surface area contributed by atoms with Crippen molar-refractivity contribution in [3.05, 3.63) is 43.0 Å². The van der Waals surface area contributed by atoms with Crippen molar-refractivity contribution in [1.29, 1.82) is 0 Å². The Morgan fingerprint density at radius 1 is 1.50 bits per heavy atom. The zero-order valence-electron chi connectivity index (χ0n) is 9.07. The van der Waals surface area contributed by atoms with Gasteiger partial charge in [0.1, 0.15) is 6.61 Å². The average Bonchev–Trinajstić information content (AvgIpc) is 2.30. The number of thioether (sulfide) groups is 1. The molecule has 0 heterocycles. The van der Waals surface area contributed by atoms with E-state index in [0.717, 1.165) is 11.5 Å². The van der Waals surface area contributed by atoms with Crippen LogP contribution < -0.4 is 5.32 Å². The van der Waals surface area contributed by atoms with Crippen LogP contribution in [0, 0.1) is 13.2 Å². The minimum atomic E-state index is -0.120. The van der Waals surface area contributed by atoms with Gasteiger partial charge in [0, 0.05) is 18.1 Å². The number of ether oxygens (including phenoxy) is 1. The summed E-state index contributed by atoms with van der Waals surface area (Å²) < 4.78 is 4.46. The highest BCUT2D eigenvalue weighted by Gasteiger charge is 1.98. The Kier molecular flexibility index (Phi) is 6.69. The van der Waals surface area contributed by atoms with Crippen LogP contribution in [-0.2, 0) is 15.3 Å². The summed E-state index contributed by atoms with van der Waals surface area (Å²) in [4.78, 5) is 11.0. The maximum absolute atomic E-state index is 11.0. The lowest BCUT2D eigenvalue weighted by Gasteiger charge is -2.04. The number of hydrogen-bond donors (Lipinski definition) is 1. The van der Waals surface area contributed by atoms with E-state index in [1.165, 1.54) is 5.56 Å². The largest absolute Gasteiger partial charge is 0.369 e. The summed E-state index contributed by atoms with van der Waals surface area (Å²) in [7, 11) is 3.14. The van der Waals surface area contributed by atoms with Gasteiger partial charge in [0.25, 0.3) is 0 Å². The van der Waals surface area contributed by atoms with E-state index in [0.29, 0.717) is 6.54 Å². The average molecular weight is 237 g/mol. The SMILES string of the molecule is [CH2]OCC(=O)NCCSCc1cc[c]cc1. The van der Waals surface area contributed by atoms with Gasteiger partial charge < -0.3 is 10.1 Å². The maximum Gasteiger partial charge on any atom is 0.246 e. The quantitative estimate of drug-likeness (QED) is 0.733. The molecule has 0 aliphatic heterocycles. The number of benzene rings is 1. The third-order valence-corrected chi connectivity index (χ3v) is 2.89. The molecule has 1 aromatic carbocycles. The van der Waals surface area contributed by atoms with Crippen molar-refractivity contribution in [2.75, 3.05) is 18.9 Å². The lowest BCUT2D eigenvalue weighted by atomic mass is 10.2. The third-order valence-electron chi connectivity index (χ3n) is 1.86. The summed E-state index contributed by atoms with van der Waals surface area (Å²) in [5.41, 5.74) is 1.27. The van der Waals surface area contributed by atoms with Gasteiger partial charge in [-0.05, 0) is 11.6 Å². The second-order valence-electron chi connectivity index (χ2n) is 3.16. The molecule has 16 heavy (non-hydrogen) atoms. The van der Waals surface area contributed by atoms with Crippen LogP contribution in [0.4, 0.5) is 0 Å². The molecule has 4 heteroatoms. The first-order chi connectivity index (χ1) is 7.83. The second-order valence-corrected chi connectivity index (χ2v) is 4.26. The van der Waals surface area contributed by atoms with Crippen molar-refractivity contribution in [2.24, 2.45) is 0 Å². The van der Waals surface area contributed by atoms with E-state index < -0.39 is 0 Å². The topological polar surface area (TPSA) is 38.3 Å². The maximum atomic E-state index is 11.0. The van der Waals surface area contributed by atoms with Crippen LogP contribution in [0.1, 0.15) is 5.56 Å². The summed E-state index contributed by atoms with van der Waals surface area (Å²) >= 11 is 1.78. The lowest BCUT2D eigenvalue weighted by molar-refractivity contribution is -0.123. The molecule has 0 spiro atoms. The number of nitrogens with one attached hydrogen (secondary N) is 1. The summed E-state index contributed by atoms with van der Waals surface area (Å²) in [6.45, 7) is 0.686. The lowest BCUT2D eigenvalue weighted by Crippen LogP contribution is -2.28. The van der Waals surface area contributed by atoms with Gasteiger partial charge in [0.2, 0.25) is 5.91 Å². The molecule has 0 atom stereocenters. The Hall–Kier alpha value is -1.00. The minimum Gasteiger partial charge on any atom is -0.369 e. The van der Waals surface area contributed by atoms with Crippen LogP contribution in [0.25, 0.3) is 0 Å². The van der Waals surface area contributed by atoms with E-state index in [2.05, 4.69) is 23.2 Å². The normalized spacial score (nSPS) is 10.1. The molecule has 0 saturated heterocycles. The van der Waals surface area contributed by atoms with E-state index in [1.54, 1.807) is 11.8 Å². The van der Waals surface area contributed by atoms with Crippen molar-refractivity contribution in [3.8, 4) is 0 Å². The van der Waals surface area contributed by atoms with E-state index in [9.17, 15) is 4.79 Å². The monoisotopic (exact) mass is 237 g/mol. The van der Waals surface area contributed by atoms with Crippen molar-refractivity contribution >= 4 is 17.7 Å². The van der Waals surface area contributed by atoms with Crippen LogP contribution in [-0.4, -0.2) is 24.8 Å². The standard InChI is InChI=1S/C12H15NO2S/c1-15-9-12(14)13-7-8-16-10-11-5-3-2-4-6-11/h3-6H,1,7-10H2,(H,13,14). The van der Waals surface area contributed by atoms with Crippen LogP contribution >= 0.6 is 11.8 Å². The summed E-state index contributed by atoms with van der Waals surface area (Å²) in [5.74, 6) is 1.72. The summed E-state index contributed by atoms with van der Waals surface area (Å²) in [5, 5.41) is 2.74. The Morgan fingerprint density at radius 2 is 2.25 bits per heavy atom. The predicted molar refractivity (Wildman–Crippen MR) is 65.8 cm³/mol. The van der Waals surface area contributed by atoms with Gasteiger partial charge in [-0.3, -0.25) is 4.79 Å². The molecule has 1 aromatic rings. The first-order valence-electron chi connectivity index (χ1n) is 4.99. The molecule has 0 aliphatic rings. The molecular weight excluding hydrogens is 222 g/mol. The molecule has 0 fully saturated rings. The van der Waals surface area contributed by atoms with E-state index in [4.69, 9.17) is 0 Å². The molecular formula is C12H15NO2S. The van der Waals surface area contributed by atoms with E-state index in [-0.39, 0.29) is 12.5 Å². The van der Waals surface area contributed by atoms with Crippen molar-refractivity contribution < 1.29 is 9.53 Å². The molecule has 0 aliphatic carbocycles. The Morgan fingerprint density at radius 3 is 2.94 bits per heavy atom. The molecule has 2 radical (unpaired) electrons. The number of rotatable bonds is 7. The molecule has 0 saturated carbocycles. The first-order valence-corrected chi connectivity index (χ1v) is 6.15. The number of carbonyl (C=O) groups is 1. The van der Waals surface area contributed by atoms with Gasteiger partial charge in [0.05, 0.1) is 7.11 Å². The highest BCUT2D eigenvalue weighted by Crippen LogP contribution is 2.10. The second kappa shape index (κ2) is 8.19. The number of carbonyl (C=O) groups excluding carboxylic acids is 1. The Labute approximate surface area is 101 Å². The molecule has 0 unspecified atom stereocenters. The Bertz CT molecular complexity index is 303. The van der Waals surface area contributed by atoms with Gasteiger partial charge in [-0.15, -0.1) is 0 Å². The van der Waals surface area contributed by atoms with Gasteiger partial charge >= 0.3 is 0 Å². The van der Waals surface area contributed by atoms with Gasteiger partial charge in [0.15, 0.2) is 0 Å². The van der Waals surface area contributed by atoms with Crippen LogP contribution in [0.3, 0.4) is 0 Å². The predicted octanol–water partition coefficient (Wildman–Crippen LogP) is 1.64. The van der Waals surface area contributed by atoms with E-state index in [1.807, 2.05) is 24.3 Å². The van der Waals surface area contributed by atoms with Crippen LogP contribution in [0.5, 0.6) is 0 Å². The fourth-order valence-electron chi connectivity index (χ4n) is 1.11. The van der Waals surface area contributed by atoms with Crippen LogP contribution in [0.2, 0.25) is 0 Å². The highest BCUT2D eigenvalue weighted by molar-refractivity contribution is 7.98. The number of hydrogen-bond acceptors (Lipinski definition) is 3. The Balaban J connectivity index is 2.02. The smallest absolute Gasteiger partial charge is 0.246 e. The number of amides is 1. The highest BCUT2D eigenvalue weighted by atomic mass is 32.2. The zero-order valence-corrected chi connectivity index (χ0v) is 9.89. The van der Waals surface area contributed by atoms with Gasteiger partial charge in [-0.2, -0.15) is 11.8 Å². The molecule has 1 rings (SSSR count). The fraction of sp³-hybridized carbons (Fsp3) is 0.333.